The molecule has 2 aliphatic rings. The van der Waals surface area contributed by atoms with Gasteiger partial charge in [-0.15, -0.1) is 0 Å². The van der Waals surface area contributed by atoms with E-state index in [4.69, 9.17) is 15.2 Å². The number of carbonyl (C=O) groups excluding carboxylic acids is 2. The maximum Gasteiger partial charge on any atom is 0.251 e. The predicted octanol–water partition coefficient (Wildman–Crippen LogP) is -1.19. The van der Waals surface area contributed by atoms with Crippen LogP contribution >= 0.6 is 0 Å². The number of hydrogen-bond donors (Lipinski definition) is 1. The van der Waals surface area contributed by atoms with E-state index in [1.54, 1.807) is 9.80 Å². The van der Waals surface area contributed by atoms with E-state index in [1.165, 1.54) is 0 Å². The molecule has 2 heterocycles. The highest BCUT2D eigenvalue weighted by Gasteiger charge is 2.31. The van der Waals surface area contributed by atoms with Crippen molar-refractivity contribution in [1.82, 2.24) is 9.80 Å². The zero-order valence-electron chi connectivity index (χ0n) is 11.8. The SMILES string of the molecule is NCCOCC(=O)N1CCN(C(=O)C2CCCO2)CC1. The normalized spacial score (nSPS) is 23.1. The van der Waals surface area contributed by atoms with Crippen molar-refractivity contribution in [2.45, 2.75) is 18.9 Å². The van der Waals surface area contributed by atoms with Gasteiger partial charge in [-0.2, -0.15) is 0 Å². The van der Waals surface area contributed by atoms with Crippen LogP contribution in [0.2, 0.25) is 0 Å². The minimum absolute atomic E-state index is 0.0392. The zero-order valence-corrected chi connectivity index (χ0v) is 11.8. The predicted molar refractivity (Wildman–Crippen MR) is 72.0 cm³/mol. The Morgan fingerprint density at radius 2 is 1.90 bits per heavy atom. The van der Waals surface area contributed by atoms with Crippen LogP contribution in [0.5, 0.6) is 0 Å². The van der Waals surface area contributed by atoms with Crippen LogP contribution in [0.1, 0.15) is 12.8 Å². The lowest BCUT2D eigenvalue weighted by Gasteiger charge is -2.35. The van der Waals surface area contributed by atoms with E-state index in [9.17, 15) is 9.59 Å². The van der Waals surface area contributed by atoms with Gasteiger partial charge in [-0.05, 0) is 12.8 Å². The van der Waals surface area contributed by atoms with Gasteiger partial charge in [-0.3, -0.25) is 9.59 Å². The summed E-state index contributed by atoms with van der Waals surface area (Å²) in [6.45, 7) is 3.81. The number of piperazine rings is 1. The van der Waals surface area contributed by atoms with Crippen LogP contribution in [-0.2, 0) is 19.1 Å². The molecule has 1 atom stereocenters. The summed E-state index contributed by atoms with van der Waals surface area (Å²) in [7, 11) is 0. The highest BCUT2D eigenvalue weighted by molar-refractivity contribution is 5.82. The van der Waals surface area contributed by atoms with Gasteiger partial charge in [0.1, 0.15) is 12.7 Å². The number of carbonyl (C=O) groups is 2. The van der Waals surface area contributed by atoms with Crippen molar-refractivity contribution in [3.05, 3.63) is 0 Å². The van der Waals surface area contributed by atoms with E-state index >= 15 is 0 Å². The first kappa shape index (κ1) is 15.2. The van der Waals surface area contributed by atoms with E-state index < -0.39 is 0 Å². The minimum atomic E-state index is -0.273. The molecule has 0 bridgehead atoms. The molecule has 0 aromatic carbocycles. The Hall–Kier alpha value is -1.18. The van der Waals surface area contributed by atoms with Gasteiger partial charge in [0, 0.05) is 39.3 Å². The third-order valence-electron chi connectivity index (χ3n) is 3.64. The Bertz CT molecular complexity index is 337. The van der Waals surface area contributed by atoms with Crippen molar-refractivity contribution in [3.8, 4) is 0 Å². The summed E-state index contributed by atoms with van der Waals surface area (Å²) < 4.78 is 10.5. The van der Waals surface area contributed by atoms with E-state index in [0.717, 1.165) is 12.8 Å². The largest absolute Gasteiger partial charge is 0.370 e. The molecule has 2 N–H and O–H groups in total. The highest BCUT2D eigenvalue weighted by atomic mass is 16.5. The molecule has 2 saturated heterocycles. The fourth-order valence-corrected chi connectivity index (χ4v) is 2.49. The summed E-state index contributed by atoms with van der Waals surface area (Å²) in [4.78, 5) is 27.5. The van der Waals surface area contributed by atoms with E-state index in [1.807, 2.05) is 0 Å². The topological polar surface area (TPSA) is 85.1 Å². The molecule has 2 amide bonds. The van der Waals surface area contributed by atoms with Crippen molar-refractivity contribution in [2.75, 3.05) is 52.5 Å². The van der Waals surface area contributed by atoms with Crippen molar-refractivity contribution >= 4 is 11.8 Å². The molecule has 114 valence electrons. The van der Waals surface area contributed by atoms with Crippen molar-refractivity contribution in [3.63, 3.8) is 0 Å². The van der Waals surface area contributed by atoms with E-state index in [2.05, 4.69) is 0 Å². The van der Waals surface area contributed by atoms with Gasteiger partial charge in [0.25, 0.3) is 5.91 Å². The molecule has 0 radical (unpaired) electrons. The number of rotatable bonds is 5. The monoisotopic (exact) mass is 285 g/mol. The van der Waals surface area contributed by atoms with Crippen molar-refractivity contribution in [2.24, 2.45) is 5.73 Å². The second-order valence-electron chi connectivity index (χ2n) is 5.05. The molecule has 7 heteroatoms. The molecule has 0 aromatic rings. The first-order chi connectivity index (χ1) is 9.72. The lowest BCUT2D eigenvalue weighted by molar-refractivity contribution is -0.147. The van der Waals surface area contributed by atoms with Crippen LogP contribution in [0.15, 0.2) is 0 Å². The summed E-state index contributed by atoms with van der Waals surface area (Å²) in [5.74, 6) is 0.0247. The molecule has 0 saturated carbocycles. The van der Waals surface area contributed by atoms with Crippen LogP contribution in [0.4, 0.5) is 0 Å². The smallest absolute Gasteiger partial charge is 0.251 e. The van der Waals surface area contributed by atoms with E-state index in [-0.39, 0.29) is 24.5 Å². The lowest BCUT2D eigenvalue weighted by atomic mass is 10.2. The molecule has 2 fully saturated rings. The van der Waals surface area contributed by atoms with Crippen molar-refractivity contribution in [1.29, 1.82) is 0 Å². The fraction of sp³-hybridized carbons (Fsp3) is 0.846. The standard InChI is InChI=1S/C13H23N3O4/c14-3-9-19-10-12(17)15-4-6-16(7-5-15)13(18)11-2-1-8-20-11/h11H,1-10,14H2. The quantitative estimate of drug-likeness (QED) is 0.642. The molecule has 2 rings (SSSR count). The second kappa shape index (κ2) is 7.56. The fourth-order valence-electron chi connectivity index (χ4n) is 2.49. The first-order valence-corrected chi connectivity index (χ1v) is 7.18. The third kappa shape index (κ3) is 3.91. The molecule has 0 aliphatic carbocycles. The maximum absolute atomic E-state index is 12.1. The lowest BCUT2D eigenvalue weighted by Crippen LogP contribution is -2.53. The first-order valence-electron chi connectivity index (χ1n) is 7.18. The van der Waals surface area contributed by atoms with Crippen LogP contribution in [-0.4, -0.2) is 80.3 Å². The van der Waals surface area contributed by atoms with Gasteiger partial charge in [0.2, 0.25) is 5.91 Å². The molecule has 20 heavy (non-hydrogen) atoms. The Morgan fingerprint density at radius 3 is 2.50 bits per heavy atom. The van der Waals surface area contributed by atoms with Gasteiger partial charge < -0.3 is 25.0 Å². The Kier molecular flexibility index (Phi) is 5.75. The summed E-state index contributed by atoms with van der Waals surface area (Å²) in [6.07, 6.45) is 1.49. The van der Waals surface area contributed by atoms with E-state index in [0.29, 0.717) is 45.9 Å². The van der Waals surface area contributed by atoms with Crippen LogP contribution in [0, 0.1) is 0 Å². The summed E-state index contributed by atoms with van der Waals surface area (Å²) in [6, 6.07) is 0. The third-order valence-corrected chi connectivity index (χ3v) is 3.64. The molecule has 0 spiro atoms. The molecular weight excluding hydrogens is 262 g/mol. The second-order valence-corrected chi connectivity index (χ2v) is 5.05. The molecule has 1 unspecified atom stereocenters. The Morgan fingerprint density at radius 1 is 1.20 bits per heavy atom. The summed E-state index contributed by atoms with van der Waals surface area (Å²) in [5.41, 5.74) is 5.30. The summed E-state index contributed by atoms with van der Waals surface area (Å²) >= 11 is 0. The number of ether oxygens (including phenoxy) is 2. The van der Waals surface area contributed by atoms with Crippen LogP contribution in [0.25, 0.3) is 0 Å². The van der Waals surface area contributed by atoms with Crippen LogP contribution in [0.3, 0.4) is 0 Å². The molecular formula is C13H23N3O4. The minimum Gasteiger partial charge on any atom is -0.370 e. The number of nitrogens with zero attached hydrogens (tertiary/aromatic N) is 2. The molecule has 0 aromatic heterocycles. The Labute approximate surface area is 119 Å². The average molecular weight is 285 g/mol. The zero-order chi connectivity index (χ0) is 14.4. The highest BCUT2D eigenvalue weighted by Crippen LogP contribution is 2.16. The van der Waals surface area contributed by atoms with Gasteiger partial charge in [0.05, 0.1) is 6.61 Å². The number of hydrogen-bond acceptors (Lipinski definition) is 5. The van der Waals surface area contributed by atoms with Crippen molar-refractivity contribution < 1.29 is 19.1 Å². The van der Waals surface area contributed by atoms with Gasteiger partial charge in [-0.1, -0.05) is 0 Å². The van der Waals surface area contributed by atoms with Crippen LogP contribution < -0.4 is 5.73 Å². The number of nitrogens with two attached hydrogens (primary N) is 1. The average Bonchev–Trinajstić information content (AvgIpc) is 3.01. The maximum atomic E-state index is 12.1. The van der Waals surface area contributed by atoms with Gasteiger partial charge in [0.15, 0.2) is 0 Å². The van der Waals surface area contributed by atoms with Gasteiger partial charge >= 0.3 is 0 Å². The molecule has 7 nitrogen and oxygen atoms in total. The Balaban J connectivity index is 1.71. The number of amides is 2. The molecule has 2 aliphatic heterocycles. The van der Waals surface area contributed by atoms with Gasteiger partial charge in [-0.25, -0.2) is 0 Å². The summed E-state index contributed by atoms with van der Waals surface area (Å²) in [5, 5.41) is 0.